The van der Waals surface area contributed by atoms with Gasteiger partial charge < -0.3 is 10.2 Å². The van der Waals surface area contributed by atoms with Crippen molar-refractivity contribution in [3.05, 3.63) is 29.8 Å². The molecule has 0 saturated heterocycles. The van der Waals surface area contributed by atoms with E-state index in [0.29, 0.717) is 17.9 Å². The van der Waals surface area contributed by atoms with E-state index in [0.717, 1.165) is 42.6 Å². The summed E-state index contributed by atoms with van der Waals surface area (Å²) < 4.78 is 0. The van der Waals surface area contributed by atoms with E-state index in [1.165, 1.54) is 44.9 Å². The quantitative estimate of drug-likeness (QED) is 0.604. The van der Waals surface area contributed by atoms with Gasteiger partial charge in [0.2, 0.25) is 0 Å². The van der Waals surface area contributed by atoms with Gasteiger partial charge in [-0.3, -0.25) is 4.99 Å². The molecular weight excluding hydrogens is 370 g/mol. The fraction of sp³-hybridized carbons (Fsp3) is 0.741. The summed E-state index contributed by atoms with van der Waals surface area (Å²) in [6.45, 7) is 5.44. The first-order valence-electron chi connectivity index (χ1n) is 12.4. The van der Waals surface area contributed by atoms with Gasteiger partial charge in [0, 0.05) is 17.2 Å². The van der Waals surface area contributed by atoms with Crippen LogP contribution in [0, 0.1) is 34.5 Å². The van der Waals surface area contributed by atoms with Crippen LogP contribution >= 0.6 is 0 Å². The molecule has 30 heavy (non-hydrogen) atoms. The van der Waals surface area contributed by atoms with Crippen molar-refractivity contribution in [1.29, 1.82) is 0 Å². The molecule has 0 amide bonds. The Morgan fingerprint density at radius 2 is 1.77 bits per heavy atom. The molecule has 3 nitrogen and oxygen atoms in total. The van der Waals surface area contributed by atoms with Crippen LogP contribution in [0.4, 0.5) is 0 Å². The summed E-state index contributed by atoms with van der Waals surface area (Å²) in [5, 5.41) is 21.8. The number of benzene rings is 1. The predicted molar refractivity (Wildman–Crippen MR) is 122 cm³/mol. The van der Waals surface area contributed by atoms with Gasteiger partial charge in [-0.2, -0.15) is 0 Å². The highest BCUT2D eigenvalue weighted by Gasteiger charge is 2.64. The highest BCUT2D eigenvalue weighted by atomic mass is 16.3. The minimum Gasteiger partial charge on any atom is -0.507 e. The standard InChI is InChI=1S/C27H39NO2/c1-25-14-6-5-8-20(25)10-11-21-22(25)12-15-26(2)23(21)13-16-27(26,30)18-28-17-19-7-3-4-9-24(19)29/h3-4,7,9,17,20-23,29-30H,5-6,8,10-16,18H2,1-2H3/t20-,21-,22+,23-,25+,26+,27+/m1/s1. The number of fused-ring (bicyclic) bond motifs is 5. The molecule has 0 radical (unpaired) electrons. The maximum Gasteiger partial charge on any atom is 0.124 e. The van der Waals surface area contributed by atoms with Crippen molar-refractivity contribution < 1.29 is 10.2 Å². The van der Waals surface area contributed by atoms with Crippen LogP contribution < -0.4 is 0 Å². The van der Waals surface area contributed by atoms with Crippen LogP contribution in [-0.2, 0) is 0 Å². The molecule has 1 aromatic carbocycles. The van der Waals surface area contributed by atoms with Gasteiger partial charge in [0.15, 0.2) is 0 Å². The van der Waals surface area contributed by atoms with E-state index in [1.54, 1.807) is 12.3 Å². The molecule has 4 aliphatic carbocycles. The number of aliphatic imine (C=N–C) groups is 1. The van der Waals surface area contributed by atoms with Gasteiger partial charge in [-0.15, -0.1) is 0 Å². The van der Waals surface area contributed by atoms with E-state index >= 15 is 0 Å². The van der Waals surface area contributed by atoms with Crippen molar-refractivity contribution in [3.63, 3.8) is 0 Å². The lowest BCUT2D eigenvalue weighted by Gasteiger charge is -2.61. The zero-order valence-corrected chi connectivity index (χ0v) is 18.8. The number of aliphatic hydroxyl groups is 1. The van der Waals surface area contributed by atoms with Gasteiger partial charge in [-0.1, -0.05) is 38.8 Å². The number of hydrogen-bond donors (Lipinski definition) is 2. The number of phenols is 1. The second-order valence-electron chi connectivity index (χ2n) is 11.5. The van der Waals surface area contributed by atoms with E-state index in [4.69, 9.17) is 0 Å². The van der Waals surface area contributed by atoms with E-state index in [-0.39, 0.29) is 11.2 Å². The van der Waals surface area contributed by atoms with Crippen LogP contribution in [0.2, 0.25) is 0 Å². The summed E-state index contributed by atoms with van der Waals surface area (Å²) in [5.41, 5.74) is 0.537. The van der Waals surface area contributed by atoms with Crippen molar-refractivity contribution in [1.82, 2.24) is 0 Å². The molecule has 3 heteroatoms. The van der Waals surface area contributed by atoms with Crippen LogP contribution in [0.25, 0.3) is 0 Å². The molecule has 0 aromatic heterocycles. The summed E-state index contributed by atoms with van der Waals surface area (Å²) in [5.74, 6) is 3.49. The fourth-order valence-electron chi connectivity index (χ4n) is 8.56. The Labute approximate surface area is 182 Å². The summed E-state index contributed by atoms with van der Waals surface area (Å²) in [7, 11) is 0. The molecule has 2 N–H and O–H groups in total. The Balaban J connectivity index is 1.35. The number of rotatable bonds is 3. The van der Waals surface area contributed by atoms with Crippen molar-refractivity contribution >= 4 is 6.21 Å². The average Bonchev–Trinajstić information content (AvgIpc) is 3.00. The number of nitrogens with zero attached hydrogens (tertiary/aromatic N) is 1. The first-order valence-corrected chi connectivity index (χ1v) is 12.4. The zero-order valence-electron chi connectivity index (χ0n) is 18.8. The smallest absolute Gasteiger partial charge is 0.124 e. The fourth-order valence-corrected chi connectivity index (χ4v) is 8.56. The molecule has 1 aromatic rings. The molecule has 0 unspecified atom stereocenters. The zero-order chi connectivity index (χ0) is 21.0. The lowest BCUT2D eigenvalue weighted by atomic mass is 9.44. The van der Waals surface area contributed by atoms with Crippen molar-refractivity contribution in [2.75, 3.05) is 6.54 Å². The van der Waals surface area contributed by atoms with Crippen molar-refractivity contribution in [2.24, 2.45) is 39.5 Å². The second-order valence-corrected chi connectivity index (χ2v) is 11.5. The molecule has 164 valence electrons. The average molecular weight is 410 g/mol. The number of hydrogen-bond acceptors (Lipinski definition) is 3. The van der Waals surface area contributed by atoms with Gasteiger partial charge in [0.25, 0.3) is 0 Å². The molecule has 7 atom stereocenters. The van der Waals surface area contributed by atoms with E-state index in [9.17, 15) is 10.2 Å². The first-order chi connectivity index (χ1) is 14.4. The minimum atomic E-state index is -0.714. The van der Waals surface area contributed by atoms with Gasteiger partial charge in [0.05, 0.1) is 12.1 Å². The largest absolute Gasteiger partial charge is 0.507 e. The number of para-hydroxylation sites is 1. The Morgan fingerprint density at radius 1 is 0.967 bits per heavy atom. The molecule has 0 heterocycles. The maximum absolute atomic E-state index is 11.8. The monoisotopic (exact) mass is 409 g/mol. The van der Waals surface area contributed by atoms with Crippen LogP contribution in [0.15, 0.2) is 29.3 Å². The van der Waals surface area contributed by atoms with E-state index in [1.807, 2.05) is 18.2 Å². The van der Waals surface area contributed by atoms with Crippen molar-refractivity contribution in [2.45, 2.75) is 83.7 Å². The van der Waals surface area contributed by atoms with E-state index < -0.39 is 5.60 Å². The Morgan fingerprint density at radius 3 is 2.60 bits per heavy atom. The van der Waals surface area contributed by atoms with Crippen molar-refractivity contribution in [3.8, 4) is 5.75 Å². The van der Waals surface area contributed by atoms with Crippen LogP contribution in [-0.4, -0.2) is 28.6 Å². The lowest BCUT2D eigenvalue weighted by Crippen LogP contribution is -2.56. The Bertz CT molecular complexity index is 821. The molecule has 5 rings (SSSR count). The summed E-state index contributed by atoms with van der Waals surface area (Å²) >= 11 is 0. The van der Waals surface area contributed by atoms with E-state index in [2.05, 4.69) is 18.8 Å². The van der Waals surface area contributed by atoms with Gasteiger partial charge >= 0.3 is 0 Å². The van der Waals surface area contributed by atoms with Gasteiger partial charge in [-0.25, -0.2) is 0 Å². The third-order valence-electron chi connectivity index (χ3n) is 10.4. The second kappa shape index (κ2) is 7.36. The SMILES string of the molecule is C[C@]12CCCC[C@@H]1CC[C@H]1[C@H]3CC[C@](O)(CN=Cc4ccccc4O)[C@@]3(C)CC[C@@H]12. The van der Waals surface area contributed by atoms with Gasteiger partial charge in [0.1, 0.15) is 5.75 Å². The number of phenolic OH excluding ortho intramolecular Hbond substituents is 1. The summed E-state index contributed by atoms with van der Waals surface area (Å²) in [6, 6.07) is 7.29. The molecule has 0 spiro atoms. The third kappa shape index (κ3) is 2.98. The topological polar surface area (TPSA) is 52.8 Å². The van der Waals surface area contributed by atoms with Gasteiger partial charge in [-0.05, 0) is 92.6 Å². The molecule has 0 aliphatic heterocycles. The first kappa shape index (κ1) is 20.5. The highest BCUT2D eigenvalue weighted by Crippen LogP contribution is 2.68. The predicted octanol–water partition coefficient (Wildman–Crippen LogP) is 5.98. The van der Waals surface area contributed by atoms with Crippen LogP contribution in [0.3, 0.4) is 0 Å². The van der Waals surface area contributed by atoms with Crippen LogP contribution in [0.1, 0.15) is 83.6 Å². The maximum atomic E-state index is 11.8. The Kier molecular flexibility index (Phi) is 5.04. The third-order valence-corrected chi connectivity index (χ3v) is 10.4. The molecule has 0 bridgehead atoms. The lowest BCUT2D eigenvalue weighted by molar-refractivity contribution is -0.147. The Hall–Kier alpha value is -1.35. The normalized spacial score (nSPS) is 45.7. The minimum absolute atomic E-state index is 0.0257. The number of aromatic hydroxyl groups is 1. The summed E-state index contributed by atoms with van der Waals surface area (Å²) in [6.07, 6.45) is 14.7. The molecule has 4 aliphatic rings. The molecule has 4 saturated carbocycles. The highest BCUT2D eigenvalue weighted by molar-refractivity contribution is 5.83. The van der Waals surface area contributed by atoms with Crippen LogP contribution in [0.5, 0.6) is 5.75 Å². The molecular formula is C27H39NO2. The summed E-state index contributed by atoms with van der Waals surface area (Å²) in [4.78, 5) is 4.64. The molecule has 4 fully saturated rings.